The van der Waals surface area contributed by atoms with E-state index >= 15 is 0 Å². The Bertz CT molecular complexity index is 369. The van der Waals surface area contributed by atoms with Gasteiger partial charge in [0, 0.05) is 0 Å². The molecule has 0 aliphatic heterocycles. The van der Waals surface area contributed by atoms with Crippen LogP contribution in [0.25, 0.3) is 0 Å². The van der Waals surface area contributed by atoms with Crippen LogP contribution < -0.4 is 5.43 Å². The summed E-state index contributed by atoms with van der Waals surface area (Å²) < 4.78 is 0. The summed E-state index contributed by atoms with van der Waals surface area (Å²) in [4.78, 5) is 29.2. The Labute approximate surface area is 95.9 Å². The number of benzene rings is 1. The van der Waals surface area contributed by atoms with Crippen molar-refractivity contribution in [2.24, 2.45) is 0 Å². The number of aldehydes is 1. The largest absolute Gasteiger partial charge is 0.304 e. The molecule has 0 amide bonds. The normalized spacial score (nSPS) is 8.29. The van der Waals surface area contributed by atoms with Gasteiger partial charge in [-0.1, -0.05) is 18.2 Å². The monoisotopic (exact) mass is 242 g/mol. The van der Waals surface area contributed by atoms with Crippen molar-refractivity contribution in [3.63, 3.8) is 0 Å². The van der Waals surface area contributed by atoms with Crippen LogP contribution in [0.15, 0.2) is 30.3 Å². The van der Waals surface area contributed by atoms with Gasteiger partial charge in [-0.25, -0.2) is 20.2 Å². The van der Waals surface area contributed by atoms with E-state index in [4.69, 9.17) is 4.79 Å². The van der Waals surface area contributed by atoms with Gasteiger partial charge in [0.25, 0.3) is 5.23 Å². The van der Waals surface area contributed by atoms with Gasteiger partial charge in [-0.2, -0.15) is 5.43 Å². The van der Waals surface area contributed by atoms with Crippen molar-refractivity contribution in [3.8, 4) is 0 Å². The first-order valence-corrected chi connectivity index (χ1v) is 4.33. The Hall–Kier alpha value is -2.71. The maximum Gasteiger partial charge on any atom is 0.280 e. The molecule has 0 heterocycles. The van der Waals surface area contributed by atoms with Gasteiger partial charge < -0.3 is 4.79 Å². The molecule has 0 aromatic heterocycles. The van der Waals surface area contributed by atoms with Crippen LogP contribution in [0.2, 0.25) is 0 Å². The van der Waals surface area contributed by atoms with Crippen molar-refractivity contribution in [1.82, 2.24) is 5.23 Å². The van der Waals surface area contributed by atoms with E-state index in [1.54, 1.807) is 18.2 Å². The average Bonchev–Trinajstić information content (AvgIpc) is 2.27. The number of nitrogens with one attached hydrogen (secondary N) is 1. The highest BCUT2D eigenvalue weighted by molar-refractivity contribution is 5.44. The van der Waals surface area contributed by atoms with Gasteiger partial charge in [0.05, 0.1) is 5.69 Å². The molecule has 1 rings (SSSR count). The Morgan fingerprint density at radius 3 is 1.94 bits per heavy atom. The summed E-state index contributed by atoms with van der Waals surface area (Å²) in [6.45, 7) is 1.44. The Kier molecular flexibility index (Phi) is 6.36. The summed E-state index contributed by atoms with van der Waals surface area (Å²) in [6.07, 6.45) is 0.750. The Balaban J connectivity index is 0.000000770. The first kappa shape index (κ1) is 14.3. The second kappa shape index (κ2) is 7.56. The number of hydrazine groups is 3. The molecule has 1 N–H and O–H groups in total. The number of hydrogen-bond donors (Lipinski definition) is 1. The second-order valence-corrected chi connectivity index (χ2v) is 2.48. The van der Waals surface area contributed by atoms with Gasteiger partial charge in [0.1, 0.15) is 6.29 Å². The molecule has 0 spiro atoms. The first-order chi connectivity index (χ1) is 8.02. The predicted molar refractivity (Wildman–Crippen MR) is 57.6 cm³/mol. The third-order valence-corrected chi connectivity index (χ3v) is 1.31. The number of nitrogens with zero attached hydrogens (tertiary/aromatic N) is 3. The highest BCUT2D eigenvalue weighted by Gasteiger charge is 2.27. The van der Waals surface area contributed by atoms with E-state index in [1.807, 2.05) is 5.43 Å². The molecule has 0 aliphatic carbocycles. The summed E-state index contributed by atoms with van der Waals surface area (Å²) in [5.41, 5.74) is 2.28. The van der Waals surface area contributed by atoms with Crippen molar-refractivity contribution in [2.45, 2.75) is 6.92 Å². The van der Waals surface area contributed by atoms with Gasteiger partial charge in [0.2, 0.25) is 10.1 Å². The van der Waals surface area contributed by atoms with E-state index in [0.717, 1.165) is 6.29 Å². The lowest BCUT2D eigenvalue weighted by Gasteiger charge is -2.04. The van der Waals surface area contributed by atoms with Crippen LogP contribution in [0, 0.1) is 20.2 Å². The van der Waals surface area contributed by atoms with Crippen LogP contribution in [0.5, 0.6) is 0 Å². The molecule has 0 fully saturated rings. The van der Waals surface area contributed by atoms with Crippen molar-refractivity contribution in [3.05, 3.63) is 50.6 Å². The van der Waals surface area contributed by atoms with Gasteiger partial charge in [-0.05, 0) is 19.1 Å². The number of para-hydroxylation sites is 1. The molecule has 0 aliphatic rings. The minimum Gasteiger partial charge on any atom is -0.304 e. The number of anilines is 1. The van der Waals surface area contributed by atoms with Crippen molar-refractivity contribution < 1.29 is 14.9 Å². The lowest BCUT2D eigenvalue weighted by molar-refractivity contribution is -0.900. The second-order valence-electron chi connectivity index (χ2n) is 2.48. The van der Waals surface area contributed by atoms with Crippen LogP contribution in [-0.2, 0) is 4.79 Å². The molecule has 0 unspecified atom stereocenters. The molecule has 92 valence electrons. The zero-order chi connectivity index (χ0) is 13.3. The lowest BCUT2D eigenvalue weighted by Crippen LogP contribution is -2.40. The molecule has 1 aromatic carbocycles. The molecule has 1 aromatic rings. The third-order valence-electron chi connectivity index (χ3n) is 1.31. The summed E-state index contributed by atoms with van der Waals surface area (Å²) in [5.74, 6) is 0. The van der Waals surface area contributed by atoms with E-state index in [9.17, 15) is 20.2 Å². The lowest BCUT2D eigenvalue weighted by atomic mass is 10.3. The van der Waals surface area contributed by atoms with Crippen LogP contribution in [0.1, 0.15) is 6.92 Å². The number of carbonyl (C=O) groups is 1. The predicted octanol–water partition coefficient (Wildman–Crippen LogP) is 0.904. The molecular weight excluding hydrogens is 232 g/mol. The highest BCUT2D eigenvalue weighted by Crippen LogP contribution is 2.06. The maximum atomic E-state index is 10.2. The molecule has 0 radical (unpaired) electrons. The quantitative estimate of drug-likeness (QED) is 0.473. The summed E-state index contributed by atoms with van der Waals surface area (Å²) >= 11 is 0. The Morgan fingerprint density at radius 2 is 1.59 bits per heavy atom. The van der Waals surface area contributed by atoms with Crippen LogP contribution in [0.4, 0.5) is 5.69 Å². The number of rotatable bonds is 4. The fourth-order valence-electron chi connectivity index (χ4n) is 0.769. The van der Waals surface area contributed by atoms with Crippen LogP contribution >= 0.6 is 0 Å². The van der Waals surface area contributed by atoms with Crippen molar-refractivity contribution in [1.29, 1.82) is 0 Å². The summed E-state index contributed by atoms with van der Waals surface area (Å²) in [6, 6.07) is 7.83. The standard InChI is InChI=1S/C6H6N4O4.C2H4O/c11-9(12)8(10(13)14)7-6-4-2-1-3-5-6;1-2-3/h1-5,7H;2H,1H3. The van der Waals surface area contributed by atoms with Gasteiger partial charge in [-0.15, -0.1) is 0 Å². The van der Waals surface area contributed by atoms with Crippen molar-refractivity contribution in [2.75, 3.05) is 5.43 Å². The number of hydrogen-bond acceptors (Lipinski definition) is 6. The van der Waals surface area contributed by atoms with Crippen LogP contribution in [-0.4, -0.2) is 21.6 Å². The van der Waals surface area contributed by atoms with E-state index < -0.39 is 10.1 Å². The summed E-state index contributed by atoms with van der Waals surface area (Å²) in [5, 5.41) is 17.7. The average molecular weight is 242 g/mol. The number of carbonyl (C=O) groups excluding carboxylic acids is 1. The molecular formula is C8H10N4O5. The minimum absolute atomic E-state index is 0.265. The Morgan fingerprint density at radius 1 is 1.18 bits per heavy atom. The SMILES string of the molecule is CC=O.O=[N+]([O-])N(Nc1ccccc1)[N+](=O)[O-]. The fraction of sp³-hybridized carbons (Fsp3) is 0.125. The minimum atomic E-state index is -1.16. The molecule has 0 bridgehead atoms. The molecule has 0 saturated carbocycles. The van der Waals surface area contributed by atoms with E-state index in [0.29, 0.717) is 0 Å². The molecule has 0 saturated heterocycles. The van der Waals surface area contributed by atoms with E-state index in [2.05, 4.69) is 0 Å². The van der Waals surface area contributed by atoms with Gasteiger partial charge in [0.15, 0.2) is 0 Å². The smallest absolute Gasteiger partial charge is 0.280 e. The fourth-order valence-corrected chi connectivity index (χ4v) is 0.769. The topological polar surface area (TPSA) is 119 Å². The zero-order valence-electron chi connectivity index (χ0n) is 8.85. The molecule has 17 heavy (non-hydrogen) atoms. The van der Waals surface area contributed by atoms with Crippen molar-refractivity contribution >= 4 is 12.0 Å². The zero-order valence-corrected chi connectivity index (χ0v) is 8.85. The maximum absolute atomic E-state index is 10.2. The number of nitro groups is 2. The van der Waals surface area contributed by atoms with Gasteiger partial charge >= 0.3 is 0 Å². The van der Waals surface area contributed by atoms with E-state index in [-0.39, 0.29) is 10.9 Å². The van der Waals surface area contributed by atoms with Gasteiger partial charge in [-0.3, -0.25) is 0 Å². The molecule has 0 atom stereocenters. The summed E-state index contributed by atoms with van der Waals surface area (Å²) in [7, 11) is 0. The third kappa shape index (κ3) is 5.67. The molecule has 9 heteroatoms. The van der Waals surface area contributed by atoms with Crippen LogP contribution in [0.3, 0.4) is 0 Å². The first-order valence-electron chi connectivity index (χ1n) is 4.33. The molecule has 9 nitrogen and oxygen atoms in total. The van der Waals surface area contributed by atoms with E-state index in [1.165, 1.54) is 19.1 Å². The highest BCUT2D eigenvalue weighted by atomic mass is 16.8.